The third-order valence-corrected chi connectivity index (χ3v) is 7.06. The molecular formula is C21H20N2O7S2. The molecule has 2 atom stereocenters. The molecule has 9 nitrogen and oxygen atoms in total. The Morgan fingerprint density at radius 1 is 1.22 bits per heavy atom. The van der Waals surface area contributed by atoms with E-state index in [2.05, 4.69) is 5.32 Å². The number of furan rings is 1. The third kappa shape index (κ3) is 4.73. The summed E-state index contributed by atoms with van der Waals surface area (Å²) in [7, 11) is 0. The van der Waals surface area contributed by atoms with Gasteiger partial charge in [0.1, 0.15) is 36.1 Å². The molecule has 1 fully saturated rings. The first-order valence-corrected chi connectivity index (χ1v) is 11.7. The molecule has 0 bridgehead atoms. The Labute approximate surface area is 191 Å². The highest BCUT2D eigenvalue weighted by Crippen LogP contribution is 2.40. The molecule has 2 aromatic heterocycles. The highest BCUT2D eigenvalue weighted by Gasteiger charge is 2.54. The number of carbonyl (C=O) groups excluding carboxylic acids is 4. The molecule has 2 aliphatic heterocycles. The van der Waals surface area contributed by atoms with E-state index in [1.165, 1.54) is 41.2 Å². The first-order valence-electron chi connectivity index (χ1n) is 9.75. The number of amides is 2. The fraction of sp³-hybridized carbons (Fsp3) is 0.333. The number of nitrogens with one attached hydrogen (secondary N) is 1. The Bertz CT molecular complexity index is 1050. The molecule has 168 valence electrons. The zero-order valence-corrected chi connectivity index (χ0v) is 18.7. The molecule has 4 rings (SSSR count). The summed E-state index contributed by atoms with van der Waals surface area (Å²) in [6.45, 7) is 1.04. The van der Waals surface area contributed by atoms with Gasteiger partial charge in [0, 0.05) is 23.1 Å². The molecule has 1 saturated heterocycles. The Morgan fingerprint density at radius 2 is 2.06 bits per heavy atom. The van der Waals surface area contributed by atoms with E-state index in [9.17, 15) is 19.2 Å². The molecule has 11 heteroatoms. The first kappa shape index (κ1) is 22.2. The summed E-state index contributed by atoms with van der Waals surface area (Å²) in [4.78, 5) is 51.6. The van der Waals surface area contributed by atoms with Crippen molar-refractivity contribution in [1.29, 1.82) is 0 Å². The second-order valence-corrected chi connectivity index (χ2v) is 9.24. The number of fused-ring (bicyclic) bond motifs is 1. The molecule has 0 aromatic carbocycles. The Balaban J connectivity index is 1.47. The fourth-order valence-corrected chi connectivity index (χ4v) is 5.40. The maximum atomic E-state index is 12.9. The van der Waals surface area contributed by atoms with E-state index >= 15 is 0 Å². The minimum Gasteiger partial charge on any atom is -0.466 e. The number of thioether (sulfide) groups is 1. The lowest BCUT2D eigenvalue weighted by atomic mass is 10.0. The van der Waals surface area contributed by atoms with Crippen LogP contribution in [0.4, 0.5) is 0 Å². The third-order valence-electron chi connectivity index (χ3n) is 4.85. The molecule has 4 heterocycles. The van der Waals surface area contributed by atoms with Crippen LogP contribution >= 0.6 is 23.1 Å². The molecule has 0 spiro atoms. The number of thiophene rings is 1. The molecule has 0 aliphatic carbocycles. The molecule has 0 saturated carbocycles. The lowest BCUT2D eigenvalue weighted by Crippen LogP contribution is -2.70. The van der Waals surface area contributed by atoms with Gasteiger partial charge in [-0.05, 0) is 23.6 Å². The number of rotatable bonds is 8. The second-order valence-electron chi connectivity index (χ2n) is 7.10. The summed E-state index contributed by atoms with van der Waals surface area (Å²) < 4.78 is 15.6. The SMILES string of the molecule is CC(=O)OCC1=C(C(=O)OCc2ccco2)N2C(=O)[C@@H](NC(=O)Cc3cccs3)[C@@H]2SC1. The summed E-state index contributed by atoms with van der Waals surface area (Å²) in [6.07, 6.45) is 1.65. The fourth-order valence-electron chi connectivity index (χ4n) is 3.37. The van der Waals surface area contributed by atoms with Crippen molar-refractivity contribution in [3.8, 4) is 0 Å². The van der Waals surface area contributed by atoms with Crippen LogP contribution in [0.25, 0.3) is 0 Å². The average Bonchev–Trinajstić information content (AvgIpc) is 3.47. The van der Waals surface area contributed by atoms with Crippen molar-refractivity contribution in [2.75, 3.05) is 12.4 Å². The van der Waals surface area contributed by atoms with Gasteiger partial charge in [-0.1, -0.05) is 6.07 Å². The van der Waals surface area contributed by atoms with Gasteiger partial charge in [0.15, 0.2) is 0 Å². The van der Waals surface area contributed by atoms with Crippen LogP contribution in [-0.4, -0.2) is 52.4 Å². The van der Waals surface area contributed by atoms with Gasteiger partial charge in [-0.25, -0.2) is 4.79 Å². The molecule has 32 heavy (non-hydrogen) atoms. The minimum absolute atomic E-state index is 0.0512. The zero-order valence-electron chi connectivity index (χ0n) is 17.1. The van der Waals surface area contributed by atoms with Crippen molar-refractivity contribution in [2.45, 2.75) is 31.4 Å². The number of β-lactam (4-membered cyclic amide) rings is 1. The van der Waals surface area contributed by atoms with E-state index in [1.54, 1.807) is 12.1 Å². The quantitative estimate of drug-likeness (QED) is 0.453. The van der Waals surface area contributed by atoms with Gasteiger partial charge >= 0.3 is 11.9 Å². The Hall–Kier alpha value is -3.05. The maximum Gasteiger partial charge on any atom is 0.355 e. The van der Waals surface area contributed by atoms with E-state index in [4.69, 9.17) is 13.9 Å². The van der Waals surface area contributed by atoms with Crippen LogP contribution in [0.2, 0.25) is 0 Å². The molecule has 1 N–H and O–H groups in total. The Kier molecular flexibility index (Phi) is 6.66. The highest BCUT2D eigenvalue weighted by atomic mass is 32.2. The van der Waals surface area contributed by atoms with Gasteiger partial charge in [0.25, 0.3) is 5.91 Å². The molecule has 2 aliphatic rings. The van der Waals surface area contributed by atoms with Crippen molar-refractivity contribution < 1.29 is 33.1 Å². The van der Waals surface area contributed by atoms with Crippen LogP contribution < -0.4 is 5.32 Å². The first-order chi connectivity index (χ1) is 15.4. The molecule has 0 unspecified atom stereocenters. The van der Waals surface area contributed by atoms with Crippen LogP contribution in [0, 0.1) is 0 Å². The predicted molar refractivity (Wildman–Crippen MR) is 115 cm³/mol. The average molecular weight is 477 g/mol. The monoisotopic (exact) mass is 476 g/mol. The van der Waals surface area contributed by atoms with Crippen LogP contribution in [-0.2, 0) is 41.7 Å². The minimum atomic E-state index is -0.740. The summed E-state index contributed by atoms with van der Waals surface area (Å²) in [5, 5.41) is 4.20. The zero-order chi connectivity index (χ0) is 22.7. The largest absolute Gasteiger partial charge is 0.466 e. The molecule has 2 aromatic rings. The summed E-state index contributed by atoms with van der Waals surface area (Å²) in [5.74, 6) is -1.08. The molecular weight excluding hydrogens is 456 g/mol. The summed E-state index contributed by atoms with van der Waals surface area (Å²) >= 11 is 2.85. The van der Waals surface area contributed by atoms with Crippen molar-refractivity contribution in [3.05, 3.63) is 57.8 Å². The van der Waals surface area contributed by atoms with Crippen LogP contribution in [0.15, 0.2) is 51.6 Å². The van der Waals surface area contributed by atoms with Crippen molar-refractivity contribution in [3.63, 3.8) is 0 Å². The van der Waals surface area contributed by atoms with Gasteiger partial charge in [-0.15, -0.1) is 23.1 Å². The number of ether oxygens (including phenoxy) is 2. The van der Waals surface area contributed by atoms with E-state index in [-0.39, 0.29) is 31.2 Å². The predicted octanol–water partition coefficient (Wildman–Crippen LogP) is 1.84. The summed E-state index contributed by atoms with van der Waals surface area (Å²) in [5.41, 5.74) is 0.526. The highest BCUT2D eigenvalue weighted by molar-refractivity contribution is 8.00. The van der Waals surface area contributed by atoms with Crippen LogP contribution in [0.1, 0.15) is 17.6 Å². The number of carbonyl (C=O) groups is 4. The lowest BCUT2D eigenvalue weighted by molar-refractivity contribution is -0.154. The maximum absolute atomic E-state index is 12.9. The summed E-state index contributed by atoms with van der Waals surface area (Å²) in [6, 6.07) is 6.30. The van der Waals surface area contributed by atoms with Crippen LogP contribution in [0.5, 0.6) is 0 Å². The Morgan fingerprint density at radius 3 is 2.75 bits per heavy atom. The van der Waals surface area contributed by atoms with E-state index in [0.717, 1.165) is 4.88 Å². The topological polar surface area (TPSA) is 115 Å². The molecule has 2 amide bonds. The van der Waals surface area contributed by atoms with Gasteiger partial charge in [-0.3, -0.25) is 19.3 Å². The number of esters is 2. The van der Waals surface area contributed by atoms with Crippen LogP contribution in [0.3, 0.4) is 0 Å². The van der Waals surface area contributed by atoms with Gasteiger partial charge in [0.2, 0.25) is 5.91 Å². The van der Waals surface area contributed by atoms with E-state index in [0.29, 0.717) is 17.1 Å². The molecule has 0 radical (unpaired) electrons. The van der Waals surface area contributed by atoms with Crippen molar-refractivity contribution in [1.82, 2.24) is 10.2 Å². The van der Waals surface area contributed by atoms with E-state index < -0.39 is 29.3 Å². The second kappa shape index (κ2) is 9.61. The number of hydrogen-bond acceptors (Lipinski definition) is 9. The normalized spacial score (nSPS) is 19.8. The standard InChI is InChI=1S/C21H20N2O7S2/c1-12(24)29-9-13-11-32-20-17(22-16(25)8-15-5-3-7-31-15)19(26)23(20)18(13)21(27)30-10-14-4-2-6-28-14/h2-7,17,20H,8-11H2,1H3,(H,22,25)/t17-,20+/m1/s1. The van der Waals surface area contributed by atoms with Crippen molar-refractivity contribution in [2.24, 2.45) is 0 Å². The number of hydrogen-bond donors (Lipinski definition) is 1. The lowest BCUT2D eigenvalue weighted by Gasteiger charge is -2.49. The number of nitrogens with zero attached hydrogens (tertiary/aromatic N) is 1. The van der Waals surface area contributed by atoms with Gasteiger partial charge < -0.3 is 19.2 Å². The van der Waals surface area contributed by atoms with Gasteiger partial charge in [0.05, 0.1) is 12.7 Å². The van der Waals surface area contributed by atoms with E-state index in [1.807, 2.05) is 17.5 Å². The smallest absolute Gasteiger partial charge is 0.355 e. The van der Waals surface area contributed by atoms with Crippen molar-refractivity contribution >= 4 is 46.9 Å². The van der Waals surface area contributed by atoms with Gasteiger partial charge in [-0.2, -0.15) is 0 Å².